The van der Waals surface area contributed by atoms with Gasteiger partial charge in [0.25, 0.3) is 0 Å². The van der Waals surface area contributed by atoms with Crippen LogP contribution in [0.2, 0.25) is 0 Å². The van der Waals surface area contributed by atoms with Crippen molar-refractivity contribution in [1.29, 1.82) is 0 Å². The Kier molecular flexibility index (Phi) is 4.82. The average molecular weight is 246 g/mol. The molecule has 0 aromatic heterocycles. The van der Waals surface area contributed by atoms with E-state index in [2.05, 4.69) is 6.08 Å². The summed E-state index contributed by atoms with van der Waals surface area (Å²) in [7, 11) is 0. The summed E-state index contributed by atoms with van der Waals surface area (Å²) in [6.45, 7) is 2.63. The van der Waals surface area contributed by atoms with Crippen molar-refractivity contribution in [1.82, 2.24) is 0 Å². The lowest BCUT2D eigenvalue weighted by atomic mass is 9.93. The number of benzene rings is 1. The first-order valence-electron chi connectivity index (χ1n) is 6.88. The minimum Gasteiger partial charge on any atom is -0.494 e. The molecule has 1 aromatic carbocycles. The SMILES string of the molecule is CCOc1cccc(C(O)CC2=CCCCC2)c1. The number of aliphatic hydroxyl groups excluding tert-OH is 1. The van der Waals surface area contributed by atoms with Crippen molar-refractivity contribution in [2.24, 2.45) is 0 Å². The first kappa shape index (κ1) is 13.2. The Labute approximate surface area is 109 Å². The van der Waals surface area contributed by atoms with E-state index < -0.39 is 6.10 Å². The van der Waals surface area contributed by atoms with Gasteiger partial charge in [0.15, 0.2) is 0 Å². The van der Waals surface area contributed by atoms with Gasteiger partial charge >= 0.3 is 0 Å². The number of rotatable bonds is 5. The molecule has 0 heterocycles. The molecule has 0 aliphatic heterocycles. The topological polar surface area (TPSA) is 29.5 Å². The molecular formula is C16H22O2. The van der Waals surface area contributed by atoms with Gasteiger partial charge in [0.05, 0.1) is 12.7 Å². The smallest absolute Gasteiger partial charge is 0.119 e. The van der Waals surface area contributed by atoms with Gasteiger partial charge < -0.3 is 9.84 Å². The highest BCUT2D eigenvalue weighted by Crippen LogP contribution is 2.28. The largest absolute Gasteiger partial charge is 0.494 e. The number of hydrogen-bond acceptors (Lipinski definition) is 2. The Balaban J connectivity index is 2.01. The Morgan fingerprint density at radius 2 is 2.22 bits per heavy atom. The fraction of sp³-hybridized carbons (Fsp3) is 0.500. The molecule has 1 aromatic rings. The standard InChI is InChI=1S/C16H22O2/c1-2-18-15-10-6-9-14(12-15)16(17)11-13-7-4-3-5-8-13/h6-7,9-10,12,16-17H,2-5,8,11H2,1H3. The number of aliphatic hydroxyl groups is 1. The minimum absolute atomic E-state index is 0.408. The summed E-state index contributed by atoms with van der Waals surface area (Å²) in [6, 6.07) is 7.78. The predicted molar refractivity (Wildman–Crippen MR) is 73.7 cm³/mol. The van der Waals surface area contributed by atoms with Crippen LogP contribution in [0.1, 0.15) is 50.7 Å². The van der Waals surface area contributed by atoms with E-state index in [9.17, 15) is 5.11 Å². The molecule has 0 saturated heterocycles. The molecule has 0 spiro atoms. The van der Waals surface area contributed by atoms with E-state index in [-0.39, 0.29) is 0 Å². The van der Waals surface area contributed by atoms with Crippen molar-refractivity contribution in [2.75, 3.05) is 6.61 Å². The molecule has 0 amide bonds. The van der Waals surface area contributed by atoms with Gasteiger partial charge in [-0.15, -0.1) is 0 Å². The van der Waals surface area contributed by atoms with Gasteiger partial charge in [-0.3, -0.25) is 0 Å². The highest BCUT2D eigenvalue weighted by Gasteiger charge is 2.12. The second-order valence-corrected chi connectivity index (χ2v) is 4.83. The lowest BCUT2D eigenvalue weighted by Gasteiger charge is -2.17. The quantitative estimate of drug-likeness (QED) is 0.795. The van der Waals surface area contributed by atoms with Crippen molar-refractivity contribution < 1.29 is 9.84 Å². The molecule has 1 N–H and O–H groups in total. The van der Waals surface area contributed by atoms with E-state index in [1.54, 1.807) is 0 Å². The third-order valence-corrected chi connectivity index (χ3v) is 3.39. The first-order valence-corrected chi connectivity index (χ1v) is 6.88. The van der Waals surface area contributed by atoms with Crippen molar-refractivity contribution in [3.8, 4) is 5.75 Å². The van der Waals surface area contributed by atoms with Crippen molar-refractivity contribution >= 4 is 0 Å². The fourth-order valence-electron chi connectivity index (χ4n) is 2.43. The molecule has 18 heavy (non-hydrogen) atoms. The molecule has 0 bridgehead atoms. The van der Waals surface area contributed by atoms with Crippen LogP contribution in [0.15, 0.2) is 35.9 Å². The van der Waals surface area contributed by atoms with Crippen LogP contribution in [0.3, 0.4) is 0 Å². The third-order valence-electron chi connectivity index (χ3n) is 3.39. The van der Waals surface area contributed by atoms with Crippen LogP contribution in [0.4, 0.5) is 0 Å². The zero-order valence-electron chi connectivity index (χ0n) is 11.1. The van der Waals surface area contributed by atoms with E-state index in [4.69, 9.17) is 4.74 Å². The molecular weight excluding hydrogens is 224 g/mol. The maximum absolute atomic E-state index is 10.3. The molecule has 1 unspecified atom stereocenters. The van der Waals surface area contributed by atoms with Crippen molar-refractivity contribution in [3.63, 3.8) is 0 Å². The van der Waals surface area contributed by atoms with Crippen molar-refractivity contribution in [2.45, 2.75) is 45.1 Å². The number of allylic oxidation sites excluding steroid dienone is 1. The molecule has 0 radical (unpaired) electrons. The Hall–Kier alpha value is -1.28. The molecule has 2 heteroatoms. The minimum atomic E-state index is -0.408. The maximum Gasteiger partial charge on any atom is 0.119 e. The second kappa shape index (κ2) is 6.60. The average Bonchev–Trinajstić information content (AvgIpc) is 2.40. The molecule has 1 aliphatic rings. The van der Waals surface area contributed by atoms with Gasteiger partial charge in [0.1, 0.15) is 5.75 Å². The van der Waals surface area contributed by atoms with Crippen LogP contribution in [0.5, 0.6) is 5.75 Å². The van der Waals surface area contributed by atoms with Gasteiger partial charge in [-0.25, -0.2) is 0 Å². The summed E-state index contributed by atoms with van der Waals surface area (Å²) in [4.78, 5) is 0. The molecule has 0 saturated carbocycles. The van der Waals surface area contributed by atoms with Crippen LogP contribution in [0.25, 0.3) is 0 Å². The van der Waals surface area contributed by atoms with Gasteiger partial charge in [-0.2, -0.15) is 0 Å². The summed E-state index contributed by atoms with van der Waals surface area (Å²) in [5.74, 6) is 0.840. The monoisotopic (exact) mass is 246 g/mol. The third kappa shape index (κ3) is 3.61. The van der Waals surface area contributed by atoms with Crippen LogP contribution >= 0.6 is 0 Å². The molecule has 2 rings (SSSR count). The zero-order chi connectivity index (χ0) is 12.8. The van der Waals surface area contributed by atoms with Crippen LogP contribution in [-0.4, -0.2) is 11.7 Å². The summed E-state index contributed by atoms with van der Waals surface area (Å²) < 4.78 is 5.46. The van der Waals surface area contributed by atoms with Gasteiger partial charge in [-0.05, 0) is 56.7 Å². The normalized spacial score (nSPS) is 17.1. The summed E-state index contributed by atoms with van der Waals surface area (Å²) in [5, 5.41) is 10.3. The summed E-state index contributed by atoms with van der Waals surface area (Å²) in [6.07, 6.45) is 7.50. The highest BCUT2D eigenvalue weighted by molar-refractivity contribution is 5.30. The molecule has 1 aliphatic carbocycles. The van der Waals surface area contributed by atoms with Crippen LogP contribution in [0, 0.1) is 0 Å². The Morgan fingerprint density at radius 1 is 1.33 bits per heavy atom. The van der Waals surface area contributed by atoms with E-state index in [1.807, 2.05) is 31.2 Å². The fourth-order valence-corrected chi connectivity index (χ4v) is 2.43. The van der Waals surface area contributed by atoms with E-state index in [0.29, 0.717) is 6.61 Å². The van der Waals surface area contributed by atoms with Crippen LogP contribution < -0.4 is 4.74 Å². The molecule has 98 valence electrons. The molecule has 1 atom stereocenters. The van der Waals surface area contributed by atoms with Gasteiger partial charge in [0, 0.05) is 0 Å². The van der Waals surface area contributed by atoms with Gasteiger partial charge in [-0.1, -0.05) is 23.8 Å². The first-order chi connectivity index (χ1) is 8.79. The predicted octanol–water partition coefficient (Wildman–Crippen LogP) is 4.01. The number of ether oxygens (including phenoxy) is 1. The highest BCUT2D eigenvalue weighted by atomic mass is 16.5. The Bertz CT molecular complexity index is 409. The van der Waals surface area contributed by atoms with Gasteiger partial charge in [0.2, 0.25) is 0 Å². The lowest BCUT2D eigenvalue weighted by Crippen LogP contribution is -2.02. The molecule has 0 fully saturated rings. The van der Waals surface area contributed by atoms with E-state index in [0.717, 1.165) is 24.2 Å². The lowest BCUT2D eigenvalue weighted by molar-refractivity contribution is 0.176. The molecule has 2 nitrogen and oxygen atoms in total. The maximum atomic E-state index is 10.3. The second-order valence-electron chi connectivity index (χ2n) is 4.83. The van der Waals surface area contributed by atoms with E-state index in [1.165, 1.54) is 24.8 Å². The number of hydrogen-bond donors (Lipinski definition) is 1. The van der Waals surface area contributed by atoms with Crippen LogP contribution in [-0.2, 0) is 0 Å². The van der Waals surface area contributed by atoms with E-state index >= 15 is 0 Å². The zero-order valence-corrected chi connectivity index (χ0v) is 11.1. The summed E-state index contributed by atoms with van der Waals surface area (Å²) >= 11 is 0. The summed E-state index contributed by atoms with van der Waals surface area (Å²) in [5.41, 5.74) is 2.35. The van der Waals surface area contributed by atoms with Crippen molar-refractivity contribution in [3.05, 3.63) is 41.5 Å². The Morgan fingerprint density at radius 3 is 2.94 bits per heavy atom.